The second-order valence-corrected chi connectivity index (χ2v) is 6.65. The van der Waals surface area contributed by atoms with Crippen LogP contribution in [0.3, 0.4) is 0 Å². The molecule has 0 aliphatic heterocycles. The van der Waals surface area contributed by atoms with Crippen molar-refractivity contribution in [2.45, 2.75) is 46.9 Å². The number of rotatable bonds is 7. The number of nitrogens with zero attached hydrogens (tertiary/aromatic N) is 3. The molecule has 9 heteroatoms. The minimum atomic E-state index is -0.831. The summed E-state index contributed by atoms with van der Waals surface area (Å²) in [7, 11) is 0. The minimum absolute atomic E-state index is 0.0532. The molecule has 3 rings (SSSR count). The van der Waals surface area contributed by atoms with Crippen molar-refractivity contribution in [2.75, 3.05) is 0 Å². The largest absolute Gasteiger partial charge is 0.486 e. The second-order valence-electron chi connectivity index (χ2n) is 6.65. The van der Waals surface area contributed by atoms with Gasteiger partial charge in [0.2, 0.25) is 0 Å². The van der Waals surface area contributed by atoms with Crippen molar-refractivity contribution in [3.63, 3.8) is 0 Å². The normalized spacial score (nSPS) is 12.1. The molecule has 1 N–H and O–H groups in total. The summed E-state index contributed by atoms with van der Waals surface area (Å²) in [5, 5.41) is 11.1. The number of hydrogen-bond donors (Lipinski definition) is 1. The number of halogens is 2. The SMILES string of the molecule is CCn1cc(C(C)NC(=O)c2noc(C)c2COc2ccc(F)cc2F)c(C)n1. The first kappa shape index (κ1) is 20.5. The smallest absolute Gasteiger partial charge is 0.274 e. The summed E-state index contributed by atoms with van der Waals surface area (Å²) < 4.78 is 39.1. The topological polar surface area (TPSA) is 82.2 Å². The molecule has 7 nitrogen and oxygen atoms in total. The molecule has 1 atom stereocenters. The Balaban J connectivity index is 1.73. The molecule has 0 saturated heterocycles. The molecule has 1 unspecified atom stereocenters. The summed E-state index contributed by atoms with van der Waals surface area (Å²) in [4.78, 5) is 12.7. The first-order valence-corrected chi connectivity index (χ1v) is 9.18. The minimum Gasteiger partial charge on any atom is -0.486 e. The average molecular weight is 404 g/mol. The summed E-state index contributed by atoms with van der Waals surface area (Å²) in [6.07, 6.45) is 1.88. The van der Waals surface area contributed by atoms with Crippen LogP contribution in [-0.4, -0.2) is 20.8 Å². The molecule has 1 aromatic carbocycles. The molecule has 0 radical (unpaired) electrons. The molecule has 2 heterocycles. The molecule has 0 saturated carbocycles. The Morgan fingerprint density at radius 1 is 1.34 bits per heavy atom. The van der Waals surface area contributed by atoms with Crippen LogP contribution < -0.4 is 10.1 Å². The molecule has 154 valence electrons. The summed E-state index contributed by atoms with van der Waals surface area (Å²) in [5.41, 5.74) is 2.16. The van der Waals surface area contributed by atoms with Crippen LogP contribution in [0.4, 0.5) is 8.78 Å². The van der Waals surface area contributed by atoms with Gasteiger partial charge in [0.25, 0.3) is 5.91 Å². The van der Waals surface area contributed by atoms with Crippen LogP contribution in [0, 0.1) is 25.5 Å². The summed E-state index contributed by atoms with van der Waals surface area (Å²) >= 11 is 0. The number of nitrogens with one attached hydrogen (secondary N) is 1. The van der Waals surface area contributed by atoms with E-state index in [1.165, 1.54) is 6.07 Å². The van der Waals surface area contributed by atoms with Gasteiger partial charge in [-0.2, -0.15) is 5.10 Å². The number of carbonyl (C=O) groups excluding carboxylic acids is 1. The molecule has 29 heavy (non-hydrogen) atoms. The highest BCUT2D eigenvalue weighted by atomic mass is 19.1. The molecule has 1 amide bonds. The van der Waals surface area contributed by atoms with Gasteiger partial charge in [0.1, 0.15) is 18.2 Å². The van der Waals surface area contributed by atoms with Crippen molar-refractivity contribution >= 4 is 5.91 Å². The lowest BCUT2D eigenvalue weighted by molar-refractivity contribution is 0.0928. The monoisotopic (exact) mass is 404 g/mol. The lowest BCUT2D eigenvalue weighted by atomic mass is 10.1. The number of ether oxygens (including phenoxy) is 1. The Labute approximate surface area is 166 Å². The van der Waals surface area contributed by atoms with Crippen LogP contribution >= 0.6 is 0 Å². The predicted molar refractivity (Wildman–Crippen MR) is 100 cm³/mol. The van der Waals surface area contributed by atoms with E-state index in [0.717, 1.165) is 29.9 Å². The standard InChI is InChI=1S/C20H22F2N4O3/c1-5-26-9-15(12(3)24-26)11(2)23-20(27)19-16(13(4)29-25-19)10-28-18-7-6-14(21)8-17(18)22/h6-9,11H,5,10H2,1-4H3,(H,23,27). The van der Waals surface area contributed by atoms with Crippen LogP contribution in [0.25, 0.3) is 0 Å². The van der Waals surface area contributed by atoms with Crippen LogP contribution in [0.2, 0.25) is 0 Å². The van der Waals surface area contributed by atoms with Crippen LogP contribution in [-0.2, 0) is 13.2 Å². The lowest BCUT2D eigenvalue weighted by Crippen LogP contribution is -2.28. The fourth-order valence-electron chi connectivity index (χ4n) is 2.94. The molecule has 0 fully saturated rings. The highest BCUT2D eigenvalue weighted by Gasteiger charge is 2.23. The van der Waals surface area contributed by atoms with E-state index in [0.29, 0.717) is 11.3 Å². The van der Waals surface area contributed by atoms with Gasteiger partial charge < -0.3 is 14.6 Å². The molecule has 0 aliphatic carbocycles. The molecule has 3 aromatic rings. The van der Waals surface area contributed by atoms with Gasteiger partial charge in [-0.05, 0) is 39.8 Å². The molecule has 2 aromatic heterocycles. The van der Waals surface area contributed by atoms with Gasteiger partial charge in [-0.3, -0.25) is 9.48 Å². The lowest BCUT2D eigenvalue weighted by Gasteiger charge is -2.13. The number of aryl methyl sites for hydroxylation is 3. The maximum absolute atomic E-state index is 13.8. The van der Waals surface area contributed by atoms with Gasteiger partial charge >= 0.3 is 0 Å². The zero-order valence-electron chi connectivity index (χ0n) is 16.6. The van der Waals surface area contributed by atoms with E-state index in [1.807, 2.05) is 27.0 Å². The molecule has 0 aliphatic rings. The Hall–Kier alpha value is -3.23. The first-order chi connectivity index (χ1) is 13.8. The Morgan fingerprint density at radius 2 is 2.10 bits per heavy atom. The van der Waals surface area contributed by atoms with E-state index in [2.05, 4.69) is 15.6 Å². The van der Waals surface area contributed by atoms with Gasteiger partial charge in [0.05, 0.1) is 17.3 Å². The van der Waals surface area contributed by atoms with E-state index >= 15 is 0 Å². The highest BCUT2D eigenvalue weighted by Crippen LogP contribution is 2.22. The van der Waals surface area contributed by atoms with E-state index in [4.69, 9.17) is 9.26 Å². The van der Waals surface area contributed by atoms with E-state index in [-0.39, 0.29) is 24.1 Å². The predicted octanol–water partition coefficient (Wildman–Crippen LogP) is 3.86. The highest BCUT2D eigenvalue weighted by molar-refractivity contribution is 5.94. The first-order valence-electron chi connectivity index (χ1n) is 9.18. The summed E-state index contributed by atoms with van der Waals surface area (Å²) in [5.74, 6) is -1.74. The zero-order valence-corrected chi connectivity index (χ0v) is 16.6. The maximum atomic E-state index is 13.8. The van der Waals surface area contributed by atoms with Crippen LogP contribution in [0.15, 0.2) is 28.9 Å². The Kier molecular flexibility index (Phi) is 5.95. The van der Waals surface area contributed by atoms with Gasteiger partial charge in [-0.1, -0.05) is 5.16 Å². The van der Waals surface area contributed by atoms with Crippen molar-refractivity contribution in [1.29, 1.82) is 0 Å². The van der Waals surface area contributed by atoms with Crippen molar-refractivity contribution < 1.29 is 22.8 Å². The van der Waals surface area contributed by atoms with Crippen molar-refractivity contribution in [2.24, 2.45) is 0 Å². The van der Waals surface area contributed by atoms with Crippen LogP contribution in [0.1, 0.15) is 53.0 Å². The van der Waals surface area contributed by atoms with Gasteiger partial charge in [0.15, 0.2) is 17.3 Å². The Morgan fingerprint density at radius 3 is 2.76 bits per heavy atom. The summed E-state index contributed by atoms with van der Waals surface area (Å²) in [6, 6.07) is 2.70. The quantitative estimate of drug-likeness (QED) is 0.647. The van der Waals surface area contributed by atoms with E-state index in [9.17, 15) is 13.6 Å². The summed E-state index contributed by atoms with van der Waals surface area (Å²) in [6.45, 7) is 7.91. The number of amides is 1. The maximum Gasteiger partial charge on any atom is 0.274 e. The third-order valence-electron chi connectivity index (χ3n) is 4.59. The second kappa shape index (κ2) is 8.42. The molecular formula is C20H22F2N4O3. The van der Waals surface area contributed by atoms with E-state index < -0.39 is 17.5 Å². The fourth-order valence-corrected chi connectivity index (χ4v) is 2.94. The molecule has 0 spiro atoms. The third-order valence-corrected chi connectivity index (χ3v) is 4.59. The fraction of sp³-hybridized carbons (Fsp3) is 0.350. The Bertz CT molecular complexity index is 1030. The van der Waals surface area contributed by atoms with Gasteiger partial charge in [-0.25, -0.2) is 8.78 Å². The molecule has 0 bridgehead atoms. The third kappa shape index (κ3) is 4.44. The van der Waals surface area contributed by atoms with Crippen molar-refractivity contribution in [3.05, 3.63) is 64.3 Å². The number of carbonyl (C=O) groups is 1. The average Bonchev–Trinajstić information content (AvgIpc) is 3.23. The van der Waals surface area contributed by atoms with Gasteiger partial charge in [-0.15, -0.1) is 0 Å². The van der Waals surface area contributed by atoms with Crippen molar-refractivity contribution in [3.8, 4) is 5.75 Å². The molecular weight excluding hydrogens is 382 g/mol. The number of hydrogen-bond acceptors (Lipinski definition) is 5. The van der Waals surface area contributed by atoms with Crippen LogP contribution in [0.5, 0.6) is 5.75 Å². The van der Waals surface area contributed by atoms with Crippen molar-refractivity contribution in [1.82, 2.24) is 20.3 Å². The number of aromatic nitrogens is 3. The van der Waals surface area contributed by atoms with E-state index in [1.54, 1.807) is 11.6 Å². The van der Waals surface area contributed by atoms with Gasteiger partial charge in [0, 0.05) is 24.4 Å². The zero-order chi connectivity index (χ0) is 21.1. The number of benzene rings is 1.